The second-order valence-corrected chi connectivity index (χ2v) is 12.6. The molecule has 0 aliphatic carbocycles. The molecule has 3 aromatic heterocycles. The first-order valence-corrected chi connectivity index (χ1v) is 14.9. The highest BCUT2D eigenvalue weighted by atomic mass is 16.6. The van der Waals surface area contributed by atoms with Gasteiger partial charge in [0.1, 0.15) is 16.8 Å². The summed E-state index contributed by atoms with van der Waals surface area (Å²) in [6, 6.07) is 13.9. The SMILES string of the molecule is C[C@H]1CN(c2ccc3cc(Nc4nn(C5(CC#N)CCC(C(=O)OC(C)(C)C)OC5)c5cc[nH]c(=O)c45)ccc3n2)CCO1. The first-order valence-electron chi connectivity index (χ1n) is 14.9. The molecule has 1 aromatic carbocycles. The third kappa shape index (κ3) is 5.85. The van der Waals surface area contributed by atoms with Crippen LogP contribution in [0.2, 0.25) is 0 Å². The standard InChI is InChI=1S/C32H37N7O5/c1-20-18-38(15-16-42-20)26-8-5-21-17-22(6-7-23(21)36-26)35-28-27-24(10-14-34-29(27)40)39(37-28)32(12-13-33)11-9-25(43-19-32)30(41)44-31(2,3)4/h5-8,10,14,17,20,25H,9,11-12,15-16,18-19H2,1-4H3,(H,34,40)(H,35,37)/t20-,25?,32?/m0/s1. The summed E-state index contributed by atoms with van der Waals surface area (Å²) in [4.78, 5) is 35.6. The van der Waals surface area contributed by atoms with Crippen molar-refractivity contribution in [2.75, 3.05) is 36.5 Å². The molecule has 4 aromatic rings. The highest BCUT2D eigenvalue weighted by Gasteiger charge is 2.43. The molecule has 3 atom stereocenters. The number of esters is 1. The Hall–Kier alpha value is -4.47. The van der Waals surface area contributed by atoms with E-state index in [-0.39, 0.29) is 24.7 Å². The van der Waals surface area contributed by atoms with Crippen molar-refractivity contribution in [3.8, 4) is 6.07 Å². The van der Waals surface area contributed by atoms with Crippen LogP contribution in [0, 0.1) is 11.3 Å². The van der Waals surface area contributed by atoms with E-state index in [0.717, 1.165) is 35.5 Å². The van der Waals surface area contributed by atoms with E-state index < -0.39 is 23.2 Å². The number of nitriles is 1. The molecule has 0 saturated carbocycles. The van der Waals surface area contributed by atoms with Crippen LogP contribution in [0.25, 0.3) is 21.8 Å². The van der Waals surface area contributed by atoms with Crippen molar-refractivity contribution in [2.45, 2.75) is 70.3 Å². The Balaban J connectivity index is 1.30. The molecule has 2 N–H and O–H groups in total. The van der Waals surface area contributed by atoms with Crippen molar-refractivity contribution in [1.29, 1.82) is 5.26 Å². The first-order chi connectivity index (χ1) is 21.0. The number of ether oxygens (including phenoxy) is 3. The molecule has 0 bridgehead atoms. The molecule has 12 nitrogen and oxygen atoms in total. The lowest BCUT2D eigenvalue weighted by molar-refractivity contribution is -0.176. The van der Waals surface area contributed by atoms with E-state index in [0.29, 0.717) is 36.2 Å². The summed E-state index contributed by atoms with van der Waals surface area (Å²) in [7, 11) is 0. The van der Waals surface area contributed by atoms with Gasteiger partial charge in [0.15, 0.2) is 11.9 Å². The molecule has 2 aliphatic heterocycles. The second-order valence-electron chi connectivity index (χ2n) is 12.6. The summed E-state index contributed by atoms with van der Waals surface area (Å²) < 4.78 is 18.9. The third-order valence-corrected chi connectivity index (χ3v) is 8.06. The number of fused-ring (bicyclic) bond motifs is 2. The number of H-pyrrole nitrogens is 1. The highest BCUT2D eigenvalue weighted by molar-refractivity contribution is 5.92. The molecule has 6 rings (SSSR count). The molecule has 2 saturated heterocycles. The van der Waals surface area contributed by atoms with E-state index >= 15 is 0 Å². The van der Waals surface area contributed by atoms with Crippen LogP contribution in [0.3, 0.4) is 0 Å². The maximum absolute atomic E-state index is 13.1. The average Bonchev–Trinajstić information content (AvgIpc) is 3.36. The van der Waals surface area contributed by atoms with Gasteiger partial charge in [0.25, 0.3) is 5.56 Å². The molecule has 230 valence electrons. The molecule has 0 radical (unpaired) electrons. The largest absolute Gasteiger partial charge is 0.458 e. The predicted molar refractivity (Wildman–Crippen MR) is 166 cm³/mol. The number of nitrogens with zero attached hydrogens (tertiary/aromatic N) is 5. The lowest BCUT2D eigenvalue weighted by Gasteiger charge is -2.39. The molecule has 44 heavy (non-hydrogen) atoms. The van der Waals surface area contributed by atoms with Crippen molar-refractivity contribution < 1.29 is 19.0 Å². The van der Waals surface area contributed by atoms with Crippen molar-refractivity contribution in [3.63, 3.8) is 0 Å². The van der Waals surface area contributed by atoms with Gasteiger partial charge in [-0.15, -0.1) is 0 Å². The number of hydrogen-bond donors (Lipinski definition) is 2. The second kappa shape index (κ2) is 11.6. The number of pyridine rings is 2. The highest BCUT2D eigenvalue weighted by Crippen LogP contribution is 2.38. The topological polar surface area (TPSA) is 147 Å². The Labute approximate surface area is 254 Å². The number of benzene rings is 1. The number of rotatable bonds is 6. The van der Waals surface area contributed by atoms with Crippen LogP contribution in [-0.2, 0) is 24.5 Å². The summed E-state index contributed by atoms with van der Waals surface area (Å²) in [6.07, 6.45) is 1.87. The lowest BCUT2D eigenvalue weighted by Crippen LogP contribution is -2.47. The Morgan fingerprint density at radius 3 is 2.82 bits per heavy atom. The van der Waals surface area contributed by atoms with Gasteiger partial charge in [0.2, 0.25) is 0 Å². The quantitative estimate of drug-likeness (QED) is 0.306. The van der Waals surface area contributed by atoms with Crippen molar-refractivity contribution in [3.05, 3.63) is 52.9 Å². The van der Waals surface area contributed by atoms with Crippen LogP contribution in [-0.4, -0.2) is 69.8 Å². The number of aromatic nitrogens is 4. The van der Waals surface area contributed by atoms with Gasteiger partial charge in [-0.05, 0) is 76.9 Å². The number of anilines is 3. The molecular weight excluding hydrogens is 562 g/mol. The number of carbonyl (C=O) groups is 1. The Kier molecular flexibility index (Phi) is 7.77. The molecule has 0 spiro atoms. The van der Waals surface area contributed by atoms with Gasteiger partial charge in [0.05, 0.1) is 48.4 Å². The summed E-state index contributed by atoms with van der Waals surface area (Å²) in [5.41, 5.74) is 0.341. The summed E-state index contributed by atoms with van der Waals surface area (Å²) in [6.45, 7) is 9.83. The van der Waals surface area contributed by atoms with Crippen molar-refractivity contribution >= 4 is 45.1 Å². The van der Waals surface area contributed by atoms with Crippen LogP contribution >= 0.6 is 0 Å². The van der Waals surface area contributed by atoms with E-state index in [1.54, 1.807) is 16.9 Å². The van der Waals surface area contributed by atoms with Gasteiger partial charge in [-0.2, -0.15) is 10.4 Å². The minimum absolute atomic E-state index is 0.0688. The van der Waals surface area contributed by atoms with Gasteiger partial charge >= 0.3 is 5.97 Å². The fourth-order valence-electron chi connectivity index (χ4n) is 5.95. The van der Waals surface area contributed by atoms with Crippen LogP contribution in [0.4, 0.5) is 17.3 Å². The first kappa shape index (κ1) is 29.6. The molecule has 2 unspecified atom stereocenters. The molecule has 2 aliphatic rings. The number of nitrogens with one attached hydrogen (secondary N) is 2. The monoisotopic (exact) mass is 599 g/mol. The van der Waals surface area contributed by atoms with Crippen LogP contribution < -0.4 is 15.8 Å². The minimum Gasteiger partial charge on any atom is -0.458 e. The van der Waals surface area contributed by atoms with Gasteiger partial charge in [-0.3, -0.25) is 9.48 Å². The molecule has 0 amide bonds. The normalized spacial score (nSPS) is 22.6. The van der Waals surface area contributed by atoms with E-state index in [1.165, 1.54) is 0 Å². The van der Waals surface area contributed by atoms with E-state index in [1.807, 2.05) is 51.1 Å². The Morgan fingerprint density at radius 1 is 1.25 bits per heavy atom. The molecular formula is C32H37N7O5. The van der Waals surface area contributed by atoms with E-state index in [4.69, 9.17) is 24.3 Å². The molecule has 5 heterocycles. The van der Waals surface area contributed by atoms with E-state index in [2.05, 4.69) is 28.2 Å². The van der Waals surface area contributed by atoms with Crippen LogP contribution in [0.15, 0.2) is 47.4 Å². The smallest absolute Gasteiger partial charge is 0.335 e. The van der Waals surface area contributed by atoms with Crippen molar-refractivity contribution in [2.24, 2.45) is 0 Å². The lowest BCUT2D eigenvalue weighted by atomic mass is 9.87. The van der Waals surface area contributed by atoms with Gasteiger partial charge in [0, 0.05) is 30.4 Å². The van der Waals surface area contributed by atoms with E-state index in [9.17, 15) is 14.9 Å². The predicted octanol–water partition coefficient (Wildman–Crippen LogP) is 4.37. The fourth-order valence-corrected chi connectivity index (χ4v) is 5.95. The minimum atomic E-state index is -0.875. The zero-order chi connectivity index (χ0) is 31.1. The van der Waals surface area contributed by atoms with Gasteiger partial charge in [-0.1, -0.05) is 0 Å². The zero-order valence-electron chi connectivity index (χ0n) is 25.4. The van der Waals surface area contributed by atoms with Gasteiger partial charge in [-0.25, -0.2) is 9.78 Å². The Morgan fingerprint density at radius 2 is 2.09 bits per heavy atom. The average molecular weight is 600 g/mol. The molecule has 12 heteroatoms. The summed E-state index contributed by atoms with van der Waals surface area (Å²) in [5.74, 6) is 0.847. The number of aromatic amines is 1. The number of hydrogen-bond acceptors (Lipinski definition) is 10. The zero-order valence-corrected chi connectivity index (χ0v) is 25.4. The maximum Gasteiger partial charge on any atom is 0.335 e. The number of carbonyl (C=O) groups excluding carboxylic acids is 1. The van der Waals surface area contributed by atoms with Crippen LogP contribution in [0.5, 0.6) is 0 Å². The van der Waals surface area contributed by atoms with Crippen LogP contribution in [0.1, 0.15) is 47.0 Å². The summed E-state index contributed by atoms with van der Waals surface area (Å²) >= 11 is 0. The summed E-state index contributed by atoms with van der Waals surface area (Å²) in [5, 5.41) is 19.3. The van der Waals surface area contributed by atoms with Crippen molar-refractivity contribution in [1.82, 2.24) is 19.7 Å². The Bertz CT molecular complexity index is 1790. The molecule has 2 fully saturated rings. The number of morpholine rings is 1. The van der Waals surface area contributed by atoms with Gasteiger partial charge < -0.3 is 29.4 Å². The third-order valence-electron chi connectivity index (χ3n) is 8.06. The maximum atomic E-state index is 13.1. The fraction of sp³-hybridized carbons (Fsp3) is 0.469.